The average Bonchev–Trinajstić information content (AvgIpc) is 3.22. The summed E-state index contributed by atoms with van der Waals surface area (Å²) in [6.07, 6.45) is -1.51. The van der Waals surface area contributed by atoms with Crippen molar-refractivity contribution in [3.63, 3.8) is 0 Å². The highest BCUT2D eigenvalue weighted by atomic mass is 16.4. The van der Waals surface area contributed by atoms with E-state index in [2.05, 4.69) is 10.6 Å². The molecule has 4 amide bonds. The summed E-state index contributed by atoms with van der Waals surface area (Å²) in [6, 6.07) is -5.36. The van der Waals surface area contributed by atoms with Crippen LogP contribution in [0.5, 0.6) is 0 Å². The highest BCUT2D eigenvalue weighted by molar-refractivity contribution is 5.96. The van der Waals surface area contributed by atoms with Gasteiger partial charge in [0.05, 0.1) is 12.5 Å². The van der Waals surface area contributed by atoms with Gasteiger partial charge in [0.15, 0.2) is 0 Å². The van der Waals surface area contributed by atoms with Crippen molar-refractivity contribution >= 4 is 41.5 Å². The number of nitrogens with two attached hydrogens (primary N) is 2. The minimum Gasteiger partial charge on any atom is -0.481 e. The fourth-order valence-electron chi connectivity index (χ4n) is 3.39. The number of carboxylic acid groups (broad SMARTS) is 3. The molecule has 0 spiro atoms. The van der Waals surface area contributed by atoms with E-state index in [0.29, 0.717) is 6.42 Å². The first-order chi connectivity index (χ1) is 15.8. The first kappa shape index (κ1) is 28.3. The zero-order valence-electron chi connectivity index (χ0n) is 18.3. The summed E-state index contributed by atoms with van der Waals surface area (Å²) in [4.78, 5) is 83.2. The van der Waals surface area contributed by atoms with Gasteiger partial charge in [-0.25, -0.2) is 4.79 Å². The van der Waals surface area contributed by atoms with Crippen LogP contribution in [0.25, 0.3) is 0 Å². The standard InChI is InChI=1S/C19H29N5O10/c20-9(3-5-14(26)27)18(32)24-7-1-2-12(24)17(31)23-11(8-13(21)25)16(30)22-10(19(33)34)4-6-15(28)29/h9-12H,1-8,20H2,(H2,21,25)(H,22,30)(H,23,31)(H,26,27)(H,28,29)(H,33,34). The van der Waals surface area contributed by atoms with Crippen molar-refractivity contribution in [1.82, 2.24) is 15.5 Å². The monoisotopic (exact) mass is 487 g/mol. The first-order valence-electron chi connectivity index (χ1n) is 10.4. The summed E-state index contributed by atoms with van der Waals surface area (Å²) in [5.41, 5.74) is 10.9. The molecule has 0 aromatic carbocycles. The Bertz CT molecular complexity index is 832. The van der Waals surface area contributed by atoms with Crippen LogP contribution in [-0.4, -0.2) is 92.5 Å². The van der Waals surface area contributed by atoms with Gasteiger partial charge in [0.25, 0.3) is 0 Å². The number of primary amides is 1. The normalized spacial score (nSPS) is 17.8. The molecule has 1 rings (SSSR count). The second-order valence-corrected chi connectivity index (χ2v) is 7.79. The Morgan fingerprint density at radius 2 is 1.50 bits per heavy atom. The lowest BCUT2D eigenvalue weighted by atomic mass is 10.1. The summed E-state index contributed by atoms with van der Waals surface area (Å²) in [5, 5.41) is 31.0. The number of hydrogen-bond donors (Lipinski definition) is 7. The lowest BCUT2D eigenvalue weighted by Crippen LogP contribution is -2.57. The molecular weight excluding hydrogens is 458 g/mol. The molecular formula is C19H29N5O10. The number of carbonyl (C=O) groups excluding carboxylic acids is 4. The van der Waals surface area contributed by atoms with E-state index in [1.54, 1.807) is 0 Å². The number of likely N-dealkylation sites (tertiary alicyclic amines) is 1. The minimum absolute atomic E-state index is 0.140. The van der Waals surface area contributed by atoms with Gasteiger partial charge in [-0.2, -0.15) is 0 Å². The maximum atomic E-state index is 12.8. The zero-order valence-corrected chi connectivity index (χ0v) is 18.3. The van der Waals surface area contributed by atoms with Crippen molar-refractivity contribution in [3.8, 4) is 0 Å². The first-order valence-corrected chi connectivity index (χ1v) is 10.4. The summed E-state index contributed by atoms with van der Waals surface area (Å²) in [5.74, 6) is -7.43. The Labute approximate surface area is 193 Å². The molecule has 0 aromatic heterocycles. The highest BCUT2D eigenvalue weighted by Gasteiger charge is 2.38. The summed E-state index contributed by atoms with van der Waals surface area (Å²) in [7, 11) is 0. The molecule has 0 bridgehead atoms. The number of aliphatic carboxylic acids is 3. The van der Waals surface area contributed by atoms with Gasteiger partial charge in [0.2, 0.25) is 23.6 Å². The van der Waals surface area contributed by atoms with E-state index in [0.717, 1.165) is 4.90 Å². The van der Waals surface area contributed by atoms with Crippen LogP contribution in [0.4, 0.5) is 0 Å². The highest BCUT2D eigenvalue weighted by Crippen LogP contribution is 2.19. The van der Waals surface area contributed by atoms with Crippen LogP contribution in [0.2, 0.25) is 0 Å². The topological polar surface area (TPSA) is 260 Å². The number of carbonyl (C=O) groups is 7. The van der Waals surface area contributed by atoms with Crippen LogP contribution in [-0.2, 0) is 33.6 Å². The third kappa shape index (κ3) is 9.01. The minimum atomic E-state index is -1.59. The van der Waals surface area contributed by atoms with Crippen LogP contribution >= 0.6 is 0 Å². The molecule has 15 nitrogen and oxygen atoms in total. The van der Waals surface area contributed by atoms with Crippen LogP contribution in [0.1, 0.15) is 44.9 Å². The van der Waals surface area contributed by atoms with Gasteiger partial charge >= 0.3 is 17.9 Å². The number of nitrogens with one attached hydrogen (secondary N) is 2. The van der Waals surface area contributed by atoms with Crippen molar-refractivity contribution in [2.24, 2.45) is 11.5 Å². The summed E-state index contributed by atoms with van der Waals surface area (Å²) >= 11 is 0. The van der Waals surface area contributed by atoms with Gasteiger partial charge in [0, 0.05) is 19.4 Å². The predicted octanol–water partition coefficient (Wildman–Crippen LogP) is -3.04. The third-order valence-electron chi connectivity index (χ3n) is 5.12. The Balaban J connectivity index is 2.90. The lowest BCUT2D eigenvalue weighted by Gasteiger charge is -2.28. The molecule has 15 heteroatoms. The van der Waals surface area contributed by atoms with Crippen molar-refractivity contribution in [1.29, 1.82) is 0 Å². The van der Waals surface area contributed by atoms with Gasteiger partial charge in [-0.15, -0.1) is 0 Å². The van der Waals surface area contributed by atoms with E-state index in [9.17, 15) is 38.7 Å². The van der Waals surface area contributed by atoms with Gasteiger partial charge < -0.3 is 42.3 Å². The second-order valence-electron chi connectivity index (χ2n) is 7.79. The second kappa shape index (κ2) is 13.1. The number of rotatable bonds is 14. The number of nitrogens with zero attached hydrogens (tertiary/aromatic N) is 1. The number of amides is 4. The van der Waals surface area contributed by atoms with E-state index in [4.69, 9.17) is 21.7 Å². The van der Waals surface area contributed by atoms with Crippen LogP contribution in [0.15, 0.2) is 0 Å². The number of hydrogen-bond acceptors (Lipinski definition) is 8. The van der Waals surface area contributed by atoms with E-state index in [1.807, 2.05) is 0 Å². The van der Waals surface area contributed by atoms with E-state index in [1.165, 1.54) is 0 Å². The predicted molar refractivity (Wildman–Crippen MR) is 112 cm³/mol. The maximum absolute atomic E-state index is 12.8. The molecule has 0 radical (unpaired) electrons. The van der Waals surface area contributed by atoms with Crippen LogP contribution < -0.4 is 22.1 Å². The molecule has 190 valence electrons. The number of carboxylic acids is 3. The molecule has 0 saturated carbocycles. The molecule has 4 unspecified atom stereocenters. The van der Waals surface area contributed by atoms with Crippen molar-refractivity contribution in [2.45, 2.75) is 69.1 Å². The molecule has 1 fully saturated rings. The van der Waals surface area contributed by atoms with Gasteiger partial charge in [0.1, 0.15) is 18.1 Å². The molecule has 1 aliphatic rings. The largest absolute Gasteiger partial charge is 0.481 e. The molecule has 0 aliphatic carbocycles. The Morgan fingerprint density at radius 1 is 0.912 bits per heavy atom. The fourth-order valence-corrected chi connectivity index (χ4v) is 3.39. The van der Waals surface area contributed by atoms with E-state index < -0.39 is 85.0 Å². The summed E-state index contributed by atoms with van der Waals surface area (Å²) < 4.78 is 0. The van der Waals surface area contributed by atoms with Crippen molar-refractivity contribution in [3.05, 3.63) is 0 Å². The van der Waals surface area contributed by atoms with Crippen LogP contribution in [0, 0.1) is 0 Å². The smallest absolute Gasteiger partial charge is 0.326 e. The quantitative estimate of drug-likeness (QED) is 0.129. The molecule has 4 atom stereocenters. The summed E-state index contributed by atoms with van der Waals surface area (Å²) in [6.45, 7) is 0.167. The molecule has 9 N–H and O–H groups in total. The molecule has 1 heterocycles. The SMILES string of the molecule is NC(=O)CC(NC(=O)C1CCCN1C(=O)C(N)CCC(=O)O)C(=O)NC(CCC(=O)O)C(=O)O. The molecule has 1 aliphatic heterocycles. The zero-order chi connectivity index (χ0) is 26.0. The molecule has 0 aromatic rings. The van der Waals surface area contributed by atoms with Gasteiger partial charge in [-0.05, 0) is 25.7 Å². The van der Waals surface area contributed by atoms with Crippen LogP contribution in [0.3, 0.4) is 0 Å². The Kier molecular flexibility index (Phi) is 10.9. The molecule has 34 heavy (non-hydrogen) atoms. The fraction of sp³-hybridized carbons (Fsp3) is 0.632. The Morgan fingerprint density at radius 3 is 2.03 bits per heavy atom. The Hall–Kier alpha value is -3.75. The van der Waals surface area contributed by atoms with E-state index in [-0.39, 0.29) is 25.8 Å². The van der Waals surface area contributed by atoms with Gasteiger partial charge in [-0.1, -0.05) is 0 Å². The third-order valence-corrected chi connectivity index (χ3v) is 5.12. The average molecular weight is 487 g/mol. The van der Waals surface area contributed by atoms with E-state index >= 15 is 0 Å². The van der Waals surface area contributed by atoms with Crippen molar-refractivity contribution < 1.29 is 48.9 Å². The van der Waals surface area contributed by atoms with Crippen molar-refractivity contribution in [2.75, 3.05) is 6.54 Å². The molecule has 1 saturated heterocycles. The lowest BCUT2D eigenvalue weighted by molar-refractivity contribution is -0.144. The van der Waals surface area contributed by atoms with Gasteiger partial charge in [-0.3, -0.25) is 28.8 Å². The maximum Gasteiger partial charge on any atom is 0.326 e.